The molecule has 0 saturated carbocycles. The van der Waals surface area contributed by atoms with Crippen LogP contribution in [0.1, 0.15) is 40.5 Å². The summed E-state index contributed by atoms with van der Waals surface area (Å²) < 4.78 is 24.6. The molecule has 0 aromatic heterocycles. The smallest absolute Gasteiger partial charge is 0.221 e. The number of nitrogens with one attached hydrogen (secondary N) is 1. The zero-order chi connectivity index (χ0) is 14.3. The Morgan fingerprint density at radius 1 is 1.28 bits per heavy atom. The van der Waals surface area contributed by atoms with Gasteiger partial charge in [0.15, 0.2) is 0 Å². The zero-order valence-corrected chi connectivity index (χ0v) is 12.9. The standard InChI is InChI=1S/C12H26N2O3S/c1-6-11(4)14(18(5,16)17)8-7-12(15)13-9-10(2)3/h10-11H,6-9H2,1-5H3,(H,13,15). The Morgan fingerprint density at radius 3 is 2.22 bits per heavy atom. The van der Waals surface area contributed by atoms with Crippen LogP contribution in [0.25, 0.3) is 0 Å². The minimum atomic E-state index is -3.25. The molecule has 1 N–H and O–H groups in total. The quantitative estimate of drug-likeness (QED) is 0.725. The highest BCUT2D eigenvalue weighted by Crippen LogP contribution is 2.09. The van der Waals surface area contributed by atoms with Crippen LogP contribution in [0.3, 0.4) is 0 Å². The third-order valence-corrected chi connectivity index (χ3v) is 4.17. The molecule has 0 saturated heterocycles. The molecule has 0 rings (SSSR count). The molecule has 1 atom stereocenters. The Balaban J connectivity index is 4.33. The molecule has 0 spiro atoms. The average molecular weight is 278 g/mol. The van der Waals surface area contributed by atoms with E-state index in [2.05, 4.69) is 5.32 Å². The third kappa shape index (κ3) is 6.96. The van der Waals surface area contributed by atoms with Gasteiger partial charge in [-0.05, 0) is 19.3 Å². The molecule has 0 fully saturated rings. The summed E-state index contributed by atoms with van der Waals surface area (Å²) in [6.07, 6.45) is 2.13. The van der Waals surface area contributed by atoms with Crippen molar-refractivity contribution in [1.29, 1.82) is 0 Å². The number of rotatable bonds is 8. The molecule has 0 aliphatic carbocycles. The first kappa shape index (κ1) is 17.4. The number of sulfonamides is 1. The van der Waals surface area contributed by atoms with Crippen LogP contribution in [-0.4, -0.2) is 44.0 Å². The van der Waals surface area contributed by atoms with Gasteiger partial charge in [0.2, 0.25) is 15.9 Å². The van der Waals surface area contributed by atoms with Crippen LogP contribution in [0, 0.1) is 5.92 Å². The number of amides is 1. The fraction of sp³-hybridized carbons (Fsp3) is 0.917. The third-order valence-electron chi connectivity index (χ3n) is 2.78. The maximum atomic E-state index is 11.6. The van der Waals surface area contributed by atoms with Crippen LogP contribution in [-0.2, 0) is 14.8 Å². The van der Waals surface area contributed by atoms with Gasteiger partial charge in [-0.3, -0.25) is 4.79 Å². The lowest BCUT2D eigenvalue weighted by molar-refractivity contribution is -0.121. The number of carbonyl (C=O) groups is 1. The molecule has 1 amide bonds. The van der Waals surface area contributed by atoms with Gasteiger partial charge in [-0.15, -0.1) is 0 Å². The molecule has 5 nitrogen and oxygen atoms in total. The van der Waals surface area contributed by atoms with Crippen molar-refractivity contribution in [2.24, 2.45) is 5.92 Å². The predicted octanol–water partition coefficient (Wildman–Crippen LogP) is 1.21. The van der Waals surface area contributed by atoms with Crippen LogP contribution in [0.4, 0.5) is 0 Å². The van der Waals surface area contributed by atoms with Crippen molar-refractivity contribution < 1.29 is 13.2 Å². The summed E-state index contributed by atoms with van der Waals surface area (Å²) in [5, 5.41) is 2.79. The molecule has 18 heavy (non-hydrogen) atoms. The van der Waals surface area contributed by atoms with E-state index in [9.17, 15) is 13.2 Å². The molecular formula is C12H26N2O3S. The van der Waals surface area contributed by atoms with Crippen molar-refractivity contribution in [2.75, 3.05) is 19.3 Å². The Kier molecular flexibility index (Phi) is 7.47. The molecule has 0 aromatic rings. The van der Waals surface area contributed by atoms with E-state index in [4.69, 9.17) is 0 Å². The first-order valence-corrected chi connectivity index (χ1v) is 8.26. The van der Waals surface area contributed by atoms with Crippen molar-refractivity contribution in [1.82, 2.24) is 9.62 Å². The van der Waals surface area contributed by atoms with Crippen LogP contribution in [0.2, 0.25) is 0 Å². The highest BCUT2D eigenvalue weighted by Gasteiger charge is 2.22. The van der Waals surface area contributed by atoms with Gasteiger partial charge in [-0.2, -0.15) is 4.31 Å². The van der Waals surface area contributed by atoms with E-state index in [0.29, 0.717) is 12.5 Å². The molecule has 6 heteroatoms. The van der Waals surface area contributed by atoms with E-state index in [1.54, 1.807) is 0 Å². The normalized spacial score (nSPS) is 13.9. The van der Waals surface area contributed by atoms with Gasteiger partial charge in [-0.25, -0.2) is 8.42 Å². The second-order valence-electron chi connectivity index (χ2n) is 5.08. The molecule has 0 aromatic carbocycles. The number of carbonyl (C=O) groups excluding carboxylic acids is 1. The molecule has 108 valence electrons. The maximum Gasteiger partial charge on any atom is 0.221 e. The van der Waals surface area contributed by atoms with Crippen LogP contribution in [0.15, 0.2) is 0 Å². The monoisotopic (exact) mass is 278 g/mol. The molecule has 0 bridgehead atoms. The molecule has 1 unspecified atom stereocenters. The van der Waals surface area contributed by atoms with Gasteiger partial charge >= 0.3 is 0 Å². The number of hydrogen-bond donors (Lipinski definition) is 1. The first-order chi connectivity index (χ1) is 8.18. The molecular weight excluding hydrogens is 252 g/mol. The Morgan fingerprint density at radius 2 is 1.83 bits per heavy atom. The largest absolute Gasteiger partial charge is 0.356 e. The Hall–Kier alpha value is -0.620. The summed E-state index contributed by atoms with van der Waals surface area (Å²) in [7, 11) is -3.25. The molecule has 0 radical (unpaired) electrons. The summed E-state index contributed by atoms with van der Waals surface area (Å²) in [4.78, 5) is 11.6. The number of hydrogen-bond acceptors (Lipinski definition) is 3. The maximum absolute atomic E-state index is 11.6. The van der Waals surface area contributed by atoms with E-state index < -0.39 is 10.0 Å². The van der Waals surface area contributed by atoms with Crippen LogP contribution >= 0.6 is 0 Å². The fourth-order valence-electron chi connectivity index (χ4n) is 1.53. The van der Waals surface area contributed by atoms with Gasteiger partial charge < -0.3 is 5.32 Å². The van der Waals surface area contributed by atoms with Crippen molar-refractivity contribution in [3.8, 4) is 0 Å². The highest BCUT2D eigenvalue weighted by molar-refractivity contribution is 7.88. The lowest BCUT2D eigenvalue weighted by Crippen LogP contribution is -2.40. The lowest BCUT2D eigenvalue weighted by atomic mass is 10.2. The number of nitrogens with zero attached hydrogens (tertiary/aromatic N) is 1. The second-order valence-corrected chi connectivity index (χ2v) is 7.01. The van der Waals surface area contributed by atoms with Crippen LogP contribution < -0.4 is 5.32 Å². The van der Waals surface area contributed by atoms with E-state index >= 15 is 0 Å². The van der Waals surface area contributed by atoms with E-state index in [-0.39, 0.29) is 24.9 Å². The minimum Gasteiger partial charge on any atom is -0.356 e. The fourth-order valence-corrected chi connectivity index (χ4v) is 2.76. The molecule has 0 aliphatic rings. The summed E-state index contributed by atoms with van der Waals surface area (Å²) in [5.41, 5.74) is 0. The topological polar surface area (TPSA) is 66.5 Å². The van der Waals surface area contributed by atoms with Crippen molar-refractivity contribution in [3.63, 3.8) is 0 Å². The van der Waals surface area contributed by atoms with Crippen LogP contribution in [0.5, 0.6) is 0 Å². The summed E-state index contributed by atoms with van der Waals surface area (Å²) >= 11 is 0. The van der Waals surface area contributed by atoms with Gasteiger partial charge in [0, 0.05) is 25.6 Å². The first-order valence-electron chi connectivity index (χ1n) is 6.42. The highest BCUT2D eigenvalue weighted by atomic mass is 32.2. The van der Waals surface area contributed by atoms with Gasteiger partial charge in [0.1, 0.15) is 0 Å². The Bertz CT molecular complexity index is 352. The lowest BCUT2D eigenvalue weighted by Gasteiger charge is -2.25. The zero-order valence-electron chi connectivity index (χ0n) is 12.1. The molecule has 0 aliphatic heterocycles. The van der Waals surface area contributed by atoms with E-state index in [1.165, 1.54) is 10.6 Å². The SMILES string of the molecule is CCC(C)N(CCC(=O)NCC(C)C)S(C)(=O)=O. The summed E-state index contributed by atoms with van der Waals surface area (Å²) in [5.74, 6) is 0.301. The van der Waals surface area contributed by atoms with Crippen molar-refractivity contribution in [2.45, 2.75) is 46.6 Å². The summed E-state index contributed by atoms with van der Waals surface area (Å²) in [6, 6.07) is -0.0714. The van der Waals surface area contributed by atoms with Gasteiger partial charge in [0.25, 0.3) is 0 Å². The average Bonchev–Trinajstić information content (AvgIpc) is 2.24. The predicted molar refractivity (Wildman–Crippen MR) is 73.8 cm³/mol. The minimum absolute atomic E-state index is 0.0714. The van der Waals surface area contributed by atoms with E-state index in [0.717, 1.165) is 6.42 Å². The van der Waals surface area contributed by atoms with Gasteiger partial charge in [-0.1, -0.05) is 20.8 Å². The van der Waals surface area contributed by atoms with Crippen molar-refractivity contribution in [3.05, 3.63) is 0 Å². The molecule has 0 heterocycles. The Labute approximate surface area is 111 Å². The second kappa shape index (κ2) is 7.74. The van der Waals surface area contributed by atoms with Gasteiger partial charge in [0.05, 0.1) is 6.26 Å². The van der Waals surface area contributed by atoms with E-state index in [1.807, 2.05) is 27.7 Å². The van der Waals surface area contributed by atoms with Crippen molar-refractivity contribution >= 4 is 15.9 Å². The summed E-state index contributed by atoms with van der Waals surface area (Å²) in [6.45, 7) is 8.69.